The normalized spacial score (nSPS) is 11.7. The summed E-state index contributed by atoms with van der Waals surface area (Å²) in [6.07, 6.45) is 3.44. The molecule has 1 rings (SSSR count). The highest BCUT2D eigenvalue weighted by atomic mass is 32.1. The summed E-state index contributed by atoms with van der Waals surface area (Å²) in [4.78, 5) is 31.5. The molecule has 0 amide bonds. The van der Waals surface area contributed by atoms with Crippen molar-refractivity contribution in [2.75, 3.05) is 0 Å². The van der Waals surface area contributed by atoms with Crippen LogP contribution in [0, 0.1) is 0 Å². The van der Waals surface area contributed by atoms with Gasteiger partial charge in [0.1, 0.15) is 0 Å². The minimum atomic E-state index is -0.270. The van der Waals surface area contributed by atoms with Gasteiger partial charge in [-0.05, 0) is 25.1 Å². The highest BCUT2D eigenvalue weighted by Gasteiger charge is 2.13. The second-order valence-electron chi connectivity index (χ2n) is 3.42. The molecule has 0 aromatic carbocycles. The van der Waals surface area contributed by atoms with E-state index in [9.17, 15) is 9.59 Å². The van der Waals surface area contributed by atoms with Gasteiger partial charge in [0, 0.05) is 19.0 Å². The van der Waals surface area contributed by atoms with Crippen LogP contribution in [-0.2, 0) is 4.79 Å². The molecule has 0 bridgehead atoms. The molecule has 0 saturated carbocycles. The third-order valence-electron chi connectivity index (χ3n) is 2.12. The number of thiophene rings is 1. The first-order valence-corrected chi connectivity index (χ1v) is 6.32. The molecule has 0 spiro atoms. The van der Waals surface area contributed by atoms with Crippen molar-refractivity contribution in [1.82, 2.24) is 0 Å². The lowest BCUT2D eigenvalue weighted by atomic mass is 10.1. The number of Topliss-reactive ketones (excluding diaryl/α,β-unsaturated/α-hetero) is 2. The maximum Gasteiger partial charge on any atom is 0.200 e. The maximum absolute atomic E-state index is 11.7. The van der Waals surface area contributed by atoms with Crippen molar-refractivity contribution in [3.05, 3.63) is 34.7 Å². The van der Waals surface area contributed by atoms with E-state index in [1.807, 2.05) is 11.4 Å². The molecule has 0 aliphatic carbocycles. The van der Waals surface area contributed by atoms with E-state index in [4.69, 9.17) is 0 Å². The lowest BCUT2D eigenvalue weighted by Crippen LogP contribution is -2.12. The SMILES string of the molecule is C=N/C(=N\C=C/C)C(=O)CCC(=O)c1cccs1. The summed E-state index contributed by atoms with van der Waals surface area (Å²) in [6.45, 7) is 5.08. The Hall–Kier alpha value is -1.88. The Balaban J connectivity index is 2.55. The molecule has 1 aromatic rings. The summed E-state index contributed by atoms with van der Waals surface area (Å²) in [5.41, 5.74) is 0. The van der Waals surface area contributed by atoms with Gasteiger partial charge in [0.2, 0.25) is 0 Å². The van der Waals surface area contributed by atoms with Crippen molar-refractivity contribution in [3.63, 3.8) is 0 Å². The molecule has 1 aromatic heterocycles. The van der Waals surface area contributed by atoms with E-state index in [1.54, 1.807) is 19.1 Å². The number of hydrogen-bond donors (Lipinski definition) is 0. The first-order chi connectivity index (χ1) is 8.69. The number of aliphatic imine (C=N–C) groups is 2. The van der Waals surface area contributed by atoms with Gasteiger partial charge in [-0.1, -0.05) is 12.1 Å². The van der Waals surface area contributed by atoms with Crippen LogP contribution in [0.15, 0.2) is 39.8 Å². The standard InChI is InChI=1S/C13H14N2O2S/c1-3-8-15-13(14-2)11(17)7-6-10(16)12-5-4-9-18-12/h3-5,8-9H,2,6-7H2,1H3/b8-3-,15-13-. The predicted molar refractivity (Wildman–Crippen MR) is 74.7 cm³/mol. The average Bonchev–Trinajstić information content (AvgIpc) is 2.90. The van der Waals surface area contributed by atoms with Crippen LogP contribution in [0.4, 0.5) is 0 Å². The first-order valence-electron chi connectivity index (χ1n) is 5.44. The molecule has 0 saturated heterocycles. The second kappa shape index (κ2) is 7.45. The Kier molecular flexibility index (Phi) is 5.87. The summed E-state index contributed by atoms with van der Waals surface area (Å²) in [7, 11) is 0. The van der Waals surface area contributed by atoms with E-state index in [0.717, 1.165) is 0 Å². The zero-order valence-corrected chi connectivity index (χ0v) is 10.9. The minimum absolute atomic E-state index is 0.0344. The number of hydrogen-bond acceptors (Lipinski definition) is 4. The fourth-order valence-electron chi connectivity index (χ4n) is 1.25. The zero-order chi connectivity index (χ0) is 13.4. The zero-order valence-electron chi connectivity index (χ0n) is 10.1. The van der Waals surface area contributed by atoms with Crippen LogP contribution in [-0.4, -0.2) is 24.1 Å². The maximum atomic E-state index is 11.7. The van der Waals surface area contributed by atoms with Crippen molar-refractivity contribution in [3.8, 4) is 0 Å². The van der Waals surface area contributed by atoms with Crippen molar-refractivity contribution >= 4 is 35.5 Å². The van der Waals surface area contributed by atoms with Crippen molar-refractivity contribution < 1.29 is 9.59 Å². The van der Waals surface area contributed by atoms with Crippen LogP contribution in [0.5, 0.6) is 0 Å². The number of ketones is 2. The van der Waals surface area contributed by atoms with Gasteiger partial charge in [-0.2, -0.15) is 0 Å². The van der Waals surface area contributed by atoms with E-state index in [0.29, 0.717) is 4.88 Å². The second-order valence-corrected chi connectivity index (χ2v) is 4.36. The molecule has 0 aliphatic rings. The Morgan fingerprint density at radius 1 is 1.44 bits per heavy atom. The molecule has 0 atom stereocenters. The monoisotopic (exact) mass is 262 g/mol. The average molecular weight is 262 g/mol. The molecule has 4 nitrogen and oxygen atoms in total. The van der Waals surface area contributed by atoms with Crippen molar-refractivity contribution in [1.29, 1.82) is 0 Å². The lowest BCUT2D eigenvalue weighted by molar-refractivity contribution is -0.113. The molecule has 1 heterocycles. The molecular weight excluding hydrogens is 248 g/mol. The Labute approximate surface area is 110 Å². The van der Waals surface area contributed by atoms with Gasteiger partial charge in [-0.25, -0.2) is 9.98 Å². The number of carbonyl (C=O) groups excluding carboxylic acids is 2. The summed E-state index contributed by atoms with van der Waals surface area (Å²) >= 11 is 1.37. The van der Waals surface area contributed by atoms with E-state index in [-0.39, 0.29) is 30.2 Å². The summed E-state index contributed by atoms with van der Waals surface area (Å²) in [6, 6.07) is 3.56. The molecule has 0 fully saturated rings. The third-order valence-corrected chi connectivity index (χ3v) is 3.03. The van der Waals surface area contributed by atoms with Crippen LogP contribution < -0.4 is 0 Å². The van der Waals surface area contributed by atoms with Crippen LogP contribution in [0.1, 0.15) is 29.4 Å². The van der Waals surface area contributed by atoms with Crippen LogP contribution >= 0.6 is 11.3 Å². The van der Waals surface area contributed by atoms with Gasteiger partial charge >= 0.3 is 0 Å². The smallest absolute Gasteiger partial charge is 0.200 e. The Morgan fingerprint density at radius 2 is 2.22 bits per heavy atom. The third kappa shape index (κ3) is 4.18. The summed E-state index contributed by atoms with van der Waals surface area (Å²) in [5.74, 6) is -0.257. The number of amidine groups is 1. The van der Waals surface area contributed by atoms with E-state index in [1.165, 1.54) is 17.5 Å². The fourth-order valence-corrected chi connectivity index (χ4v) is 1.94. The van der Waals surface area contributed by atoms with Crippen LogP contribution in [0.3, 0.4) is 0 Å². The van der Waals surface area contributed by atoms with Crippen molar-refractivity contribution in [2.45, 2.75) is 19.8 Å². The Morgan fingerprint density at radius 3 is 2.78 bits per heavy atom. The molecular formula is C13H14N2O2S. The van der Waals surface area contributed by atoms with E-state index in [2.05, 4.69) is 16.7 Å². The molecule has 5 heteroatoms. The number of carbonyl (C=O) groups is 2. The van der Waals surface area contributed by atoms with E-state index < -0.39 is 0 Å². The molecule has 0 unspecified atom stereocenters. The van der Waals surface area contributed by atoms with Gasteiger partial charge in [-0.15, -0.1) is 11.3 Å². The predicted octanol–water partition coefficient (Wildman–Crippen LogP) is 2.91. The van der Waals surface area contributed by atoms with Crippen LogP contribution in [0.25, 0.3) is 0 Å². The Bertz CT molecular complexity index is 487. The van der Waals surface area contributed by atoms with Gasteiger partial charge in [-0.3, -0.25) is 9.59 Å². The summed E-state index contributed by atoms with van der Waals surface area (Å²) < 4.78 is 0. The van der Waals surface area contributed by atoms with Gasteiger partial charge < -0.3 is 0 Å². The fraction of sp³-hybridized carbons (Fsp3) is 0.231. The largest absolute Gasteiger partial charge is 0.293 e. The highest BCUT2D eigenvalue weighted by molar-refractivity contribution is 7.12. The molecule has 18 heavy (non-hydrogen) atoms. The highest BCUT2D eigenvalue weighted by Crippen LogP contribution is 2.12. The quantitative estimate of drug-likeness (QED) is 0.449. The number of rotatable bonds is 6. The molecule has 0 aliphatic heterocycles. The van der Waals surface area contributed by atoms with Gasteiger partial charge in [0.05, 0.1) is 4.88 Å². The lowest BCUT2D eigenvalue weighted by Gasteiger charge is -1.98. The topological polar surface area (TPSA) is 58.9 Å². The molecule has 94 valence electrons. The molecule has 0 N–H and O–H groups in total. The first kappa shape index (κ1) is 14.2. The van der Waals surface area contributed by atoms with Gasteiger partial charge in [0.25, 0.3) is 0 Å². The van der Waals surface area contributed by atoms with E-state index >= 15 is 0 Å². The summed E-state index contributed by atoms with van der Waals surface area (Å²) in [5, 5.41) is 1.83. The number of nitrogens with zero attached hydrogens (tertiary/aromatic N) is 2. The number of allylic oxidation sites excluding steroid dienone is 1. The molecule has 0 radical (unpaired) electrons. The minimum Gasteiger partial charge on any atom is -0.293 e. The van der Waals surface area contributed by atoms with Crippen LogP contribution in [0.2, 0.25) is 0 Å². The van der Waals surface area contributed by atoms with Gasteiger partial charge in [0.15, 0.2) is 17.4 Å². The van der Waals surface area contributed by atoms with Crippen molar-refractivity contribution in [2.24, 2.45) is 9.98 Å².